The number of morpholine rings is 1. The summed E-state index contributed by atoms with van der Waals surface area (Å²) in [4.78, 5) is 16.7. The van der Waals surface area contributed by atoms with Gasteiger partial charge < -0.3 is 24.0 Å². The molecule has 13 heteroatoms. The maximum absolute atomic E-state index is 14.0. The largest absolute Gasteiger partial charge is 0.416 e. The van der Waals surface area contributed by atoms with E-state index >= 15 is 0 Å². The van der Waals surface area contributed by atoms with Crippen LogP contribution in [0, 0.1) is 24.6 Å². The van der Waals surface area contributed by atoms with E-state index in [1.165, 1.54) is 19.1 Å². The lowest BCUT2D eigenvalue weighted by molar-refractivity contribution is -0.217. The highest BCUT2D eigenvalue weighted by atomic mass is 19.4. The van der Waals surface area contributed by atoms with Crippen molar-refractivity contribution < 1.29 is 49.7 Å². The molecular formula is C29H31F7N2O4. The third-order valence-electron chi connectivity index (χ3n) is 8.28. The van der Waals surface area contributed by atoms with Crippen LogP contribution in [0.15, 0.2) is 36.4 Å². The molecule has 2 amide bonds. The number of carbonyl (C=O) groups excluding carboxylic acids is 1. The molecule has 0 unspecified atom stereocenters. The Kier molecular flexibility index (Phi) is 8.47. The average Bonchev–Trinajstić information content (AvgIpc) is 3.37. The normalized spacial score (nSPS) is 25.8. The molecule has 3 fully saturated rings. The lowest BCUT2D eigenvalue weighted by Crippen LogP contribution is -2.47. The summed E-state index contributed by atoms with van der Waals surface area (Å²) in [6.07, 6.45) is -12.3. The Labute approximate surface area is 238 Å². The van der Waals surface area contributed by atoms with Crippen LogP contribution < -0.4 is 0 Å². The molecule has 0 radical (unpaired) electrons. The number of ether oxygens (including phenoxy) is 3. The predicted octanol–water partition coefficient (Wildman–Crippen LogP) is 6.39. The summed E-state index contributed by atoms with van der Waals surface area (Å²) in [6.45, 7) is 5.77. The summed E-state index contributed by atoms with van der Waals surface area (Å²) >= 11 is 0. The quantitative estimate of drug-likeness (QED) is 0.380. The molecule has 2 aromatic carbocycles. The standard InChI is InChI=1S/C29H31F7N2O4/c1-16-9-22(30)3-4-23(16)25-24-14-38(27(39)37-5-7-40-8-6-37)13-19(24)15-41-26(25)42-17(2)18-10-20(28(31,32)33)12-21(11-18)29(34,35)36/h3-4,9-12,17,19,24-26H,5-8,13-15H2,1-2H3/t17-,19+,24-,25+,26-/m1/s1. The van der Waals surface area contributed by atoms with E-state index in [-0.39, 0.29) is 36.1 Å². The van der Waals surface area contributed by atoms with Gasteiger partial charge in [-0.3, -0.25) is 0 Å². The lowest BCUT2D eigenvalue weighted by atomic mass is 9.76. The van der Waals surface area contributed by atoms with E-state index in [1.54, 1.807) is 22.8 Å². The molecule has 3 heterocycles. The van der Waals surface area contributed by atoms with Crippen molar-refractivity contribution in [3.05, 3.63) is 70.0 Å². The van der Waals surface area contributed by atoms with Crippen LogP contribution >= 0.6 is 0 Å². The molecule has 6 nitrogen and oxygen atoms in total. The van der Waals surface area contributed by atoms with Crippen LogP contribution in [0.4, 0.5) is 35.5 Å². The zero-order valence-corrected chi connectivity index (χ0v) is 23.0. The van der Waals surface area contributed by atoms with Crippen LogP contribution in [-0.2, 0) is 26.6 Å². The van der Waals surface area contributed by atoms with Crippen LogP contribution in [0.3, 0.4) is 0 Å². The van der Waals surface area contributed by atoms with Gasteiger partial charge in [0, 0.05) is 38.0 Å². The number of alkyl halides is 6. The van der Waals surface area contributed by atoms with Gasteiger partial charge in [0.05, 0.1) is 37.1 Å². The van der Waals surface area contributed by atoms with E-state index in [0.29, 0.717) is 62.7 Å². The van der Waals surface area contributed by atoms with E-state index in [1.807, 2.05) is 0 Å². The average molecular weight is 605 g/mol. The smallest absolute Gasteiger partial charge is 0.378 e. The van der Waals surface area contributed by atoms with Gasteiger partial charge in [-0.2, -0.15) is 26.3 Å². The number of likely N-dealkylation sites (tertiary alicyclic amines) is 1. The molecule has 230 valence electrons. The number of aryl methyl sites for hydroxylation is 1. The Morgan fingerprint density at radius 1 is 0.952 bits per heavy atom. The number of halogens is 7. The number of hydrogen-bond acceptors (Lipinski definition) is 4. The fraction of sp³-hybridized carbons (Fsp3) is 0.552. The molecule has 0 N–H and O–H groups in total. The van der Waals surface area contributed by atoms with Crippen LogP contribution in [-0.4, -0.2) is 68.1 Å². The molecular weight excluding hydrogens is 573 g/mol. The van der Waals surface area contributed by atoms with Crippen molar-refractivity contribution in [3.8, 4) is 0 Å². The second-order valence-electron chi connectivity index (χ2n) is 11.1. The monoisotopic (exact) mass is 604 g/mol. The first-order chi connectivity index (χ1) is 19.7. The van der Waals surface area contributed by atoms with Gasteiger partial charge in [-0.25, -0.2) is 9.18 Å². The van der Waals surface area contributed by atoms with Crippen molar-refractivity contribution in [2.75, 3.05) is 46.0 Å². The first-order valence-corrected chi connectivity index (χ1v) is 13.7. The number of urea groups is 1. The van der Waals surface area contributed by atoms with Gasteiger partial charge in [-0.05, 0) is 66.8 Å². The first kappa shape index (κ1) is 30.6. The van der Waals surface area contributed by atoms with Gasteiger partial charge in [-0.1, -0.05) is 6.07 Å². The molecule has 0 spiro atoms. The number of nitrogens with zero attached hydrogens (tertiary/aromatic N) is 2. The molecule has 42 heavy (non-hydrogen) atoms. The highest BCUT2D eigenvalue weighted by Crippen LogP contribution is 2.46. The van der Waals surface area contributed by atoms with E-state index in [0.717, 1.165) is 0 Å². The summed E-state index contributed by atoms with van der Waals surface area (Å²) in [5.41, 5.74) is -1.93. The maximum atomic E-state index is 14.0. The molecule has 0 aliphatic carbocycles. The Morgan fingerprint density at radius 3 is 2.19 bits per heavy atom. The second kappa shape index (κ2) is 11.6. The van der Waals surface area contributed by atoms with Crippen molar-refractivity contribution in [1.82, 2.24) is 9.80 Å². The number of rotatable bonds is 4. The topological polar surface area (TPSA) is 51.2 Å². The summed E-state index contributed by atoms with van der Waals surface area (Å²) in [5.74, 6) is -1.35. The number of benzene rings is 2. The van der Waals surface area contributed by atoms with Gasteiger partial charge in [-0.15, -0.1) is 0 Å². The number of hydrogen-bond donors (Lipinski definition) is 0. The Bertz CT molecular complexity index is 1260. The summed E-state index contributed by atoms with van der Waals surface area (Å²) < 4.78 is 113. The van der Waals surface area contributed by atoms with Crippen molar-refractivity contribution in [3.63, 3.8) is 0 Å². The summed E-state index contributed by atoms with van der Waals surface area (Å²) in [6, 6.07) is 5.41. The van der Waals surface area contributed by atoms with Crippen LogP contribution in [0.2, 0.25) is 0 Å². The minimum atomic E-state index is -5.00. The van der Waals surface area contributed by atoms with Gasteiger partial charge >= 0.3 is 18.4 Å². The molecule has 5 atom stereocenters. The highest BCUT2D eigenvalue weighted by molar-refractivity contribution is 5.75. The minimum Gasteiger partial charge on any atom is -0.378 e. The van der Waals surface area contributed by atoms with E-state index in [2.05, 4.69) is 0 Å². The van der Waals surface area contributed by atoms with Gasteiger partial charge in [0.2, 0.25) is 0 Å². The molecule has 0 aromatic heterocycles. The van der Waals surface area contributed by atoms with Crippen molar-refractivity contribution in [2.24, 2.45) is 11.8 Å². The fourth-order valence-electron chi connectivity index (χ4n) is 6.12. The molecule has 3 saturated heterocycles. The number of carbonyl (C=O) groups is 1. The second-order valence-corrected chi connectivity index (χ2v) is 11.1. The zero-order valence-electron chi connectivity index (χ0n) is 23.0. The van der Waals surface area contributed by atoms with Crippen LogP contribution in [0.5, 0.6) is 0 Å². The number of fused-ring (bicyclic) bond motifs is 1. The van der Waals surface area contributed by atoms with E-state index < -0.39 is 47.6 Å². The zero-order chi connectivity index (χ0) is 30.4. The third kappa shape index (κ3) is 6.37. The van der Waals surface area contributed by atoms with E-state index in [4.69, 9.17) is 14.2 Å². The molecule has 0 saturated carbocycles. The molecule has 0 bridgehead atoms. The lowest BCUT2D eigenvalue weighted by Gasteiger charge is -2.41. The van der Waals surface area contributed by atoms with Crippen molar-refractivity contribution in [1.29, 1.82) is 0 Å². The van der Waals surface area contributed by atoms with Gasteiger partial charge in [0.25, 0.3) is 0 Å². The highest BCUT2D eigenvalue weighted by Gasteiger charge is 2.49. The van der Waals surface area contributed by atoms with Gasteiger partial charge in [0.1, 0.15) is 5.82 Å². The first-order valence-electron chi connectivity index (χ1n) is 13.7. The Hall–Kier alpha value is -2.90. The predicted molar refractivity (Wildman–Crippen MR) is 136 cm³/mol. The SMILES string of the molecule is Cc1cc(F)ccc1[C@@H]1[C@@H](O[C@H](C)c2cc(C(F)(F)F)cc(C(F)(F)F)c2)OC[C@@H]2CN(C(=O)N3CCOCC3)C[C@H]21. The van der Waals surface area contributed by atoms with Crippen LogP contribution in [0.1, 0.15) is 46.8 Å². The fourth-order valence-corrected chi connectivity index (χ4v) is 6.12. The van der Waals surface area contributed by atoms with Crippen molar-refractivity contribution in [2.45, 2.75) is 44.5 Å². The van der Waals surface area contributed by atoms with Crippen LogP contribution in [0.25, 0.3) is 0 Å². The molecule has 2 aromatic rings. The Balaban J connectivity index is 1.45. The molecule has 3 aliphatic heterocycles. The maximum Gasteiger partial charge on any atom is 0.416 e. The Morgan fingerprint density at radius 2 is 1.60 bits per heavy atom. The van der Waals surface area contributed by atoms with E-state index in [9.17, 15) is 35.5 Å². The molecule has 5 rings (SSSR count). The summed E-state index contributed by atoms with van der Waals surface area (Å²) in [5, 5.41) is 0. The number of amides is 2. The third-order valence-corrected chi connectivity index (χ3v) is 8.28. The molecule has 3 aliphatic rings. The van der Waals surface area contributed by atoms with Crippen molar-refractivity contribution >= 4 is 6.03 Å². The summed E-state index contributed by atoms with van der Waals surface area (Å²) in [7, 11) is 0. The minimum absolute atomic E-state index is 0.0706. The van der Waals surface area contributed by atoms with Gasteiger partial charge in [0.15, 0.2) is 6.29 Å².